The first-order valence-electron chi connectivity index (χ1n) is 13.1. The molecule has 39 heavy (non-hydrogen) atoms. The van der Waals surface area contributed by atoms with Gasteiger partial charge in [0, 0.05) is 34.8 Å². The van der Waals surface area contributed by atoms with Crippen LogP contribution in [0.1, 0.15) is 34.4 Å². The maximum Gasteiger partial charge on any atom is 0.227 e. The average Bonchev–Trinajstić information content (AvgIpc) is 3.75. The molecule has 198 valence electrons. The third-order valence-electron chi connectivity index (χ3n) is 7.30. The van der Waals surface area contributed by atoms with Crippen molar-refractivity contribution in [2.45, 2.75) is 32.1 Å². The Kier molecular flexibility index (Phi) is 7.30. The highest BCUT2D eigenvalue weighted by Crippen LogP contribution is 2.39. The minimum Gasteiger partial charge on any atom is -0.497 e. The molecule has 5 aromatic rings. The Labute approximate surface area is 235 Å². The SMILES string of the molecule is COc1ccc(-c2cccc(-c3noc(C)c3-c3csc(C4CCN(C(=O)Cc5cccs5)CC4)n3)c2)cc1. The fourth-order valence-corrected chi connectivity index (χ4v) is 6.82. The molecule has 8 heteroatoms. The number of ether oxygens (including phenoxy) is 1. The Morgan fingerprint density at radius 1 is 1.03 bits per heavy atom. The maximum atomic E-state index is 12.7. The Bertz CT molecular complexity index is 1560. The van der Waals surface area contributed by atoms with Gasteiger partial charge in [-0.05, 0) is 60.5 Å². The number of methoxy groups -OCH3 is 1. The predicted molar refractivity (Wildman–Crippen MR) is 156 cm³/mol. The number of thiazole rings is 1. The van der Waals surface area contributed by atoms with Crippen LogP contribution >= 0.6 is 22.7 Å². The van der Waals surface area contributed by atoms with Gasteiger partial charge in [-0.25, -0.2) is 4.98 Å². The number of nitrogens with zero attached hydrogens (tertiary/aromatic N) is 3. The molecule has 1 aliphatic heterocycles. The van der Waals surface area contributed by atoms with Gasteiger partial charge in [-0.1, -0.05) is 41.6 Å². The fourth-order valence-electron chi connectivity index (χ4n) is 5.14. The van der Waals surface area contributed by atoms with Crippen molar-refractivity contribution in [1.82, 2.24) is 15.0 Å². The zero-order valence-corrected chi connectivity index (χ0v) is 23.6. The predicted octanol–water partition coefficient (Wildman–Crippen LogP) is 7.46. The molecule has 4 heterocycles. The number of aryl methyl sites for hydroxylation is 1. The summed E-state index contributed by atoms with van der Waals surface area (Å²) in [4.78, 5) is 20.9. The zero-order valence-electron chi connectivity index (χ0n) is 21.9. The summed E-state index contributed by atoms with van der Waals surface area (Å²) in [6.07, 6.45) is 2.37. The van der Waals surface area contributed by atoms with Crippen LogP contribution in [0.4, 0.5) is 0 Å². The zero-order chi connectivity index (χ0) is 26.8. The number of carbonyl (C=O) groups is 1. The fraction of sp³-hybridized carbons (Fsp3) is 0.258. The quantitative estimate of drug-likeness (QED) is 0.209. The van der Waals surface area contributed by atoms with Crippen molar-refractivity contribution in [1.29, 1.82) is 0 Å². The van der Waals surface area contributed by atoms with Crippen LogP contribution in [0.5, 0.6) is 5.75 Å². The highest BCUT2D eigenvalue weighted by molar-refractivity contribution is 7.10. The highest BCUT2D eigenvalue weighted by Gasteiger charge is 2.27. The summed E-state index contributed by atoms with van der Waals surface area (Å²) in [5.74, 6) is 2.17. The number of hydrogen-bond donors (Lipinski definition) is 0. The molecule has 0 aliphatic carbocycles. The van der Waals surface area contributed by atoms with Crippen molar-refractivity contribution in [2.75, 3.05) is 20.2 Å². The number of hydrogen-bond acceptors (Lipinski definition) is 7. The second-order valence-electron chi connectivity index (χ2n) is 9.75. The van der Waals surface area contributed by atoms with E-state index in [1.807, 2.05) is 47.5 Å². The lowest BCUT2D eigenvalue weighted by molar-refractivity contribution is -0.131. The van der Waals surface area contributed by atoms with Crippen molar-refractivity contribution >= 4 is 28.6 Å². The van der Waals surface area contributed by atoms with Crippen molar-refractivity contribution < 1.29 is 14.1 Å². The molecule has 0 bridgehead atoms. The van der Waals surface area contributed by atoms with E-state index < -0.39 is 0 Å². The minimum atomic E-state index is 0.220. The smallest absolute Gasteiger partial charge is 0.227 e. The van der Waals surface area contributed by atoms with Crippen LogP contribution in [-0.4, -0.2) is 41.1 Å². The van der Waals surface area contributed by atoms with E-state index in [1.165, 1.54) is 0 Å². The van der Waals surface area contributed by atoms with Crippen molar-refractivity contribution in [3.05, 3.63) is 87.1 Å². The molecule has 1 amide bonds. The van der Waals surface area contributed by atoms with Crippen LogP contribution in [0.15, 0.2) is 75.9 Å². The molecule has 6 rings (SSSR count). The Morgan fingerprint density at radius 3 is 2.56 bits per heavy atom. The second kappa shape index (κ2) is 11.2. The van der Waals surface area contributed by atoms with Crippen LogP contribution in [0.25, 0.3) is 33.6 Å². The number of likely N-dealkylation sites (tertiary alicyclic amines) is 1. The van der Waals surface area contributed by atoms with Crippen LogP contribution in [0.3, 0.4) is 0 Å². The molecule has 0 saturated carbocycles. The summed E-state index contributed by atoms with van der Waals surface area (Å²) < 4.78 is 11.0. The Balaban J connectivity index is 1.19. The van der Waals surface area contributed by atoms with Gasteiger partial charge in [0.25, 0.3) is 0 Å². The summed E-state index contributed by atoms with van der Waals surface area (Å²) >= 11 is 3.33. The summed E-state index contributed by atoms with van der Waals surface area (Å²) in [7, 11) is 1.67. The first-order chi connectivity index (χ1) is 19.1. The second-order valence-corrected chi connectivity index (χ2v) is 11.7. The molecule has 0 N–H and O–H groups in total. The molecule has 3 aromatic heterocycles. The van der Waals surface area contributed by atoms with Crippen LogP contribution in [0.2, 0.25) is 0 Å². The summed E-state index contributed by atoms with van der Waals surface area (Å²) in [5, 5.41) is 9.69. The average molecular weight is 556 g/mol. The summed E-state index contributed by atoms with van der Waals surface area (Å²) in [5.41, 5.74) is 5.83. The molecular formula is C31H29N3O3S2. The minimum absolute atomic E-state index is 0.220. The molecule has 1 aliphatic rings. The molecule has 0 spiro atoms. The number of piperidine rings is 1. The number of carbonyl (C=O) groups excluding carboxylic acids is 1. The topological polar surface area (TPSA) is 68.5 Å². The maximum absolute atomic E-state index is 12.7. The van der Waals surface area contributed by atoms with E-state index in [0.717, 1.165) is 81.0 Å². The van der Waals surface area contributed by atoms with Crippen molar-refractivity contribution in [2.24, 2.45) is 0 Å². The van der Waals surface area contributed by atoms with E-state index in [0.29, 0.717) is 12.3 Å². The van der Waals surface area contributed by atoms with Gasteiger partial charge in [-0.3, -0.25) is 4.79 Å². The van der Waals surface area contributed by atoms with Gasteiger partial charge in [0.05, 0.1) is 29.8 Å². The van der Waals surface area contributed by atoms with Gasteiger partial charge >= 0.3 is 0 Å². The number of amides is 1. The van der Waals surface area contributed by atoms with E-state index in [4.69, 9.17) is 14.2 Å². The van der Waals surface area contributed by atoms with Crippen LogP contribution in [0, 0.1) is 6.92 Å². The number of thiophene rings is 1. The molecular weight excluding hydrogens is 526 g/mol. The molecule has 1 fully saturated rings. The van der Waals surface area contributed by atoms with E-state index in [9.17, 15) is 4.79 Å². The number of benzene rings is 2. The molecule has 0 atom stereocenters. The third kappa shape index (κ3) is 5.40. The third-order valence-corrected chi connectivity index (χ3v) is 9.19. The van der Waals surface area contributed by atoms with E-state index >= 15 is 0 Å². The van der Waals surface area contributed by atoms with Crippen LogP contribution < -0.4 is 4.74 Å². The monoisotopic (exact) mass is 555 g/mol. The molecule has 6 nitrogen and oxygen atoms in total. The van der Waals surface area contributed by atoms with Gasteiger partial charge in [0.15, 0.2) is 0 Å². The standard InChI is InChI=1S/C31H29N3O3S2/c1-20-29(30(33-37-20)24-6-3-5-23(17-24)21-8-10-25(36-2)11-9-21)27-19-39-31(32-27)22-12-14-34(15-13-22)28(35)18-26-7-4-16-38-26/h3-11,16-17,19,22H,12-15,18H2,1-2H3. The summed E-state index contributed by atoms with van der Waals surface area (Å²) in [6.45, 7) is 3.49. The molecule has 0 unspecified atom stereocenters. The lowest BCUT2D eigenvalue weighted by atomic mass is 9.97. The highest BCUT2D eigenvalue weighted by atomic mass is 32.1. The van der Waals surface area contributed by atoms with Gasteiger partial charge in [0.2, 0.25) is 5.91 Å². The summed E-state index contributed by atoms with van der Waals surface area (Å²) in [6, 6.07) is 20.4. The molecule has 2 aromatic carbocycles. The molecule has 0 radical (unpaired) electrons. The van der Waals surface area contributed by atoms with Crippen molar-refractivity contribution in [3.8, 4) is 39.4 Å². The first kappa shape index (κ1) is 25.5. The van der Waals surface area contributed by atoms with Gasteiger partial charge < -0.3 is 14.2 Å². The first-order valence-corrected chi connectivity index (χ1v) is 14.8. The van der Waals surface area contributed by atoms with E-state index in [1.54, 1.807) is 29.8 Å². The van der Waals surface area contributed by atoms with Gasteiger partial charge in [-0.2, -0.15) is 0 Å². The Morgan fingerprint density at radius 2 is 1.82 bits per heavy atom. The number of aromatic nitrogens is 2. The van der Waals surface area contributed by atoms with Gasteiger partial charge in [0.1, 0.15) is 17.2 Å². The van der Waals surface area contributed by atoms with E-state index in [-0.39, 0.29) is 5.91 Å². The Hall–Kier alpha value is -3.75. The lowest BCUT2D eigenvalue weighted by Crippen LogP contribution is -2.38. The largest absolute Gasteiger partial charge is 0.497 e. The normalized spacial score (nSPS) is 14.1. The van der Waals surface area contributed by atoms with Crippen molar-refractivity contribution in [3.63, 3.8) is 0 Å². The van der Waals surface area contributed by atoms with Crippen LogP contribution in [-0.2, 0) is 11.2 Å². The lowest BCUT2D eigenvalue weighted by Gasteiger charge is -2.31. The van der Waals surface area contributed by atoms with Gasteiger partial charge in [-0.15, -0.1) is 22.7 Å². The van der Waals surface area contributed by atoms with E-state index in [2.05, 4.69) is 40.9 Å². The molecule has 1 saturated heterocycles. The number of rotatable bonds is 7.